The molecule has 2 aliphatic carbocycles. The number of amides is 1. The fourth-order valence-electron chi connectivity index (χ4n) is 15.2. The van der Waals surface area contributed by atoms with Crippen molar-refractivity contribution in [3.05, 3.63) is 119 Å². The number of halogens is 3. The average Bonchev–Trinajstić information content (AvgIpc) is 3.98. The maximum atomic E-state index is 15.8. The van der Waals surface area contributed by atoms with Crippen LogP contribution in [0.3, 0.4) is 0 Å². The lowest BCUT2D eigenvalue weighted by atomic mass is 9.72. The van der Waals surface area contributed by atoms with Crippen LogP contribution in [0.25, 0.3) is 0 Å². The maximum absolute atomic E-state index is 15.8. The smallest absolute Gasteiger partial charge is 0.410 e. The van der Waals surface area contributed by atoms with Gasteiger partial charge in [0.2, 0.25) is 0 Å². The monoisotopic (exact) mass is 1170 g/mol. The first-order valence-corrected chi connectivity index (χ1v) is 32.1. The van der Waals surface area contributed by atoms with Gasteiger partial charge in [0.1, 0.15) is 28.7 Å². The Bertz CT molecular complexity index is 2780. The minimum Gasteiger partial charge on any atom is -0.496 e. The summed E-state index contributed by atoms with van der Waals surface area (Å²) in [6, 6.07) is 32.8. The van der Waals surface area contributed by atoms with E-state index in [1.807, 2.05) is 72.5 Å². The quantitative estimate of drug-likeness (QED) is 0.113. The lowest BCUT2D eigenvalue weighted by molar-refractivity contribution is 0.0272. The van der Waals surface area contributed by atoms with E-state index >= 15 is 4.39 Å². The fraction of sp³-hybridized carbons (Fsp3) is 0.609. The summed E-state index contributed by atoms with van der Waals surface area (Å²) in [5, 5.41) is 15.2. The summed E-state index contributed by atoms with van der Waals surface area (Å²) in [6.45, 7) is 10.1. The number of carbonyl (C=O) groups is 1. The largest absolute Gasteiger partial charge is 0.496 e. The van der Waals surface area contributed by atoms with E-state index in [-0.39, 0.29) is 23.6 Å². The first kappa shape index (κ1) is 63.1. The van der Waals surface area contributed by atoms with E-state index in [0.29, 0.717) is 61.9 Å². The van der Waals surface area contributed by atoms with Gasteiger partial charge >= 0.3 is 6.09 Å². The number of alkyl halides is 1. The summed E-state index contributed by atoms with van der Waals surface area (Å²) in [5.74, 6) is 4.08. The molecule has 5 saturated heterocycles. The number of carbonyl (C=O) groups excluding carboxylic acids is 1. The molecule has 15 heteroatoms. The minimum atomic E-state index is -1.58. The molecule has 3 unspecified atom stereocenters. The molecule has 2 bridgehead atoms. The third kappa shape index (κ3) is 15.6. The topological polar surface area (TPSA) is 112 Å². The molecule has 0 radical (unpaired) electrons. The predicted octanol–water partition coefficient (Wildman–Crippen LogP) is 15.5. The van der Waals surface area contributed by atoms with Gasteiger partial charge in [0, 0.05) is 72.5 Å². The van der Waals surface area contributed by atoms with Crippen LogP contribution in [0.1, 0.15) is 171 Å². The number of hydrogen-bond donors (Lipinski definition) is 0. The SMILES string of the molecule is CCCC1CCC(N2CCC(C#N)(c3ccccc3OC)CC2)CC1.CCOC(=O)N1C2CCC(N3CCC(F)(c4cc(F)ccc4OC)CC3)CC1CC2.COc1ccc(Cl)cc1C1CCN(C2CCC(=NOc3ccccc3)CC2)CC1. The normalized spacial score (nSPS) is 25.5. The van der Waals surface area contributed by atoms with Crippen LogP contribution in [0.15, 0.2) is 96.2 Å². The van der Waals surface area contributed by atoms with Gasteiger partial charge in [0.25, 0.3) is 0 Å². The number of para-hydroxylation sites is 2. The van der Waals surface area contributed by atoms with Crippen LogP contribution in [0.5, 0.6) is 23.0 Å². The molecule has 0 aromatic heterocycles. The Kier molecular flexibility index (Phi) is 22.7. The van der Waals surface area contributed by atoms with E-state index in [1.54, 1.807) is 14.2 Å². The van der Waals surface area contributed by atoms with Crippen molar-refractivity contribution in [1.29, 1.82) is 5.26 Å². The third-order valence-corrected chi connectivity index (χ3v) is 20.2. The highest BCUT2D eigenvalue weighted by atomic mass is 35.5. The van der Waals surface area contributed by atoms with Crippen molar-refractivity contribution in [2.45, 2.75) is 196 Å². The molecule has 7 aliphatic rings. The van der Waals surface area contributed by atoms with Crippen molar-refractivity contribution < 1.29 is 37.4 Å². The zero-order valence-electron chi connectivity index (χ0n) is 50.8. The summed E-state index contributed by atoms with van der Waals surface area (Å²) in [4.78, 5) is 27.7. The molecule has 4 aromatic rings. The number of rotatable bonds is 14. The predicted molar refractivity (Wildman–Crippen MR) is 330 cm³/mol. The van der Waals surface area contributed by atoms with Gasteiger partial charge in [-0.25, -0.2) is 13.6 Å². The highest BCUT2D eigenvalue weighted by Gasteiger charge is 2.46. The van der Waals surface area contributed by atoms with E-state index < -0.39 is 11.5 Å². The number of benzene rings is 4. The number of piperidine rings is 3. The van der Waals surface area contributed by atoms with Gasteiger partial charge < -0.3 is 43.4 Å². The number of hydrogen-bond acceptors (Lipinski definition) is 11. The Hall–Kier alpha value is -5.46. The molecule has 12 nitrogen and oxygen atoms in total. The van der Waals surface area contributed by atoms with Gasteiger partial charge in [0.15, 0.2) is 5.75 Å². The van der Waals surface area contributed by atoms with Gasteiger partial charge in [-0.2, -0.15) is 5.26 Å². The maximum Gasteiger partial charge on any atom is 0.410 e. The van der Waals surface area contributed by atoms with Crippen LogP contribution in [-0.2, 0) is 15.8 Å². The second-order valence-electron chi connectivity index (χ2n) is 24.7. The first-order valence-electron chi connectivity index (χ1n) is 31.8. The van der Waals surface area contributed by atoms with Gasteiger partial charge in [-0.05, 0) is 214 Å². The second-order valence-corrected chi connectivity index (χ2v) is 25.1. The Morgan fingerprint density at radius 3 is 1.87 bits per heavy atom. The average molecular weight is 1180 g/mol. The molecule has 0 spiro atoms. The summed E-state index contributed by atoms with van der Waals surface area (Å²) in [6.07, 6.45) is 22.1. The molecule has 11 rings (SSSR count). The molecule has 456 valence electrons. The summed E-state index contributed by atoms with van der Waals surface area (Å²) in [7, 11) is 4.93. The van der Waals surface area contributed by atoms with Crippen molar-refractivity contribution in [3.63, 3.8) is 0 Å². The van der Waals surface area contributed by atoms with E-state index in [2.05, 4.69) is 45.0 Å². The highest BCUT2D eigenvalue weighted by molar-refractivity contribution is 6.30. The van der Waals surface area contributed by atoms with Crippen LogP contribution >= 0.6 is 11.6 Å². The molecule has 0 N–H and O–H groups in total. The number of methoxy groups -OCH3 is 3. The molecule has 1 amide bonds. The third-order valence-electron chi connectivity index (χ3n) is 20.0. The molecule has 84 heavy (non-hydrogen) atoms. The van der Waals surface area contributed by atoms with Crippen molar-refractivity contribution in [3.8, 4) is 29.1 Å². The fourth-order valence-corrected chi connectivity index (χ4v) is 15.4. The van der Waals surface area contributed by atoms with Crippen molar-refractivity contribution in [2.24, 2.45) is 11.1 Å². The Labute approximate surface area is 505 Å². The van der Waals surface area contributed by atoms with Gasteiger partial charge in [-0.15, -0.1) is 0 Å². The molecule has 2 saturated carbocycles. The van der Waals surface area contributed by atoms with E-state index in [4.69, 9.17) is 35.4 Å². The summed E-state index contributed by atoms with van der Waals surface area (Å²) >= 11 is 6.23. The Balaban J connectivity index is 0.000000152. The zero-order valence-corrected chi connectivity index (χ0v) is 51.5. The molecule has 4 aromatic carbocycles. The van der Waals surface area contributed by atoms with E-state index in [1.165, 1.54) is 88.0 Å². The lowest BCUT2D eigenvalue weighted by Gasteiger charge is -2.43. The zero-order chi connectivity index (χ0) is 59.1. The highest BCUT2D eigenvalue weighted by Crippen LogP contribution is 2.46. The summed E-state index contributed by atoms with van der Waals surface area (Å²) < 4.78 is 51.3. The van der Waals surface area contributed by atoms with Gasteiger partial charge in [0.05, 0.1) is 45.1 Å². The van der Waals surface area contributed by atoms with Crippen LogP contribution < -0.4 is 19.0 Å². The summed E-state index contributed by atoms with van der Waals surface area (Å²) in [5.41, 5.74) is 1.87. The van der Waals surface area contributed by atoms with Crippen LogP contribution in [0.4, 0.5) is 13.6 Å². The van der Waals surface area contributed by atoms with Gasteiger partial charge in [-0.1, -0.05) is 72.9 Å². The van der Waals surface area contributed by atoms with Gasteiger partial charge in [-0.3, -0.25) is 0 Å². The first-order chi connectivity index (χ1) is 40.9. The number of nitriles is 1. The number of nitrogens with zero attached hydrogens (tertiary/aromatic N) is 6. The Morgan fingerprint density at radius 1 is 0.643 bits per heavy atom. The minimum absolute atomic E-state index is 0.190. The molecular formula is C69H93ClF2N6O6. The van der Waals surface area contributed by atoms with Crippen LogP contribution in [0, 0.1) is 23.1 Å². The van der Waals surface area contributed by atoms with Crippen LogP contribution in [-0.4, -0.2) is 129 Å². The molecule has 3 atom stereocenters. The molecule has 7 fully saturated rings. The Morgan fingerprint density at radius 2 is 1.21 bits per heavy atom. The number of ether oxygens (including phenoxy) is 4. The van der Waals surface area contributed by atoms with Crippen molar-refractivity contribution >= 4 is 23.4 Å². The molecule has 5 aliphatic heterocycles. The van der Waals surface area contributed by atoms with Crippen molar-refractivity contribution in [2.75, 3.05) is 67.2 Å². The second kappa shape index (κ2) is 30.3. The number of oxime groups is 1. The number of fused-ring (bicyclic) bond motifs is 2. The van der Waals surface area contributed by atoms with E-state index in [0.717, 1.165) is 137 Å². The standard InChI is InChI=1S/C24H29ClN2O2.C23H32F2N2O3.C22H32N2O/c1-28-24-12-7-19(25)17-23(24)18-13-15-27(16-14-18)21-10-8-20(9-11-21)26-29-22-5-3-2-4-6-22;1-3-30-22(28)27-17-5-7-18(15-19(27)8-6-17)26-12-10-23(25,11-13-26)20-14-16(24)4-9-21(20)29-2;1-3-6-18-9-11-19(12-10-18)24-15-13-22(17-23,14-16-24)20-7-4-5-8-21(20)25-2/h2-7,12,17-18,21H,8-11,13-16H2,1H3;4,9,14,17-19H,3,5-8,10-13,15H2,1-2H3;4-5,7-8,18-19H,3,6,9-16H2,1-2H3. The van der Waals surface area contributed by atoms with E-state index in [9.17, 15) is 14.4 Å². The lowest BCUT2D eigenvalue weighted by Crippen LogP contribution is -2.47. The molecule has 5 heterocycles. The number of likely N-dealkylation sites (tertiary alicyclic amines) is 3. The molecular weight excluding hydrogens is 1080 g/mol. The van der Waals surface area contributed by atoms with Crippen molar-refractivity contribution in [1.82, 2.24) is 19.6 Å². The van der Waals surface area contributed by atoms with Crippen LogP contribution in [0.2, 0.25) is 5.02 Å².